The van der Waals surface area contributed by atoms with Gasteiger partial charge in [-0.1, -0.05) is 6.07 Å². The van der Waals surface area contributed by atoms with Crippen molar-refractivity contribution in [1.29, 1.82) is 5.26 Å². The molecule has 18 heavy (non-hydrogen) atoms. The van der Waals surface area contributed by atoms with E-state index in [1.54, 1.807) is 6.20 Å². The highest BCUT2D eigenvalue weighted by molar-refractivity contribution is 5.53. The van der Waals surface area contributed by atoms with E-state index >= 15 is 0 Å². The molecule has 0 unspecified atom stereocenters. The second kappa shape index (κ2) is 5.33. The Hall–Kier alpha value is -2.34. The number of aromatic nitrogens is 1. The van der Waals surface area contributed by atoms with Gasteiger partial charge in [0.05, 0.1) is 11.6 Å². The van der Waals surface area contributed by atoms with Gasteiger partial charge in [-0.2, -0.15) is 5.26 Å². The maximum absolute atomic E-state index is 8.91. The number of pyridine rings is 1. The highest BCUT2D eigenvalue weighted by Crippen LogP contribution is 2.19. The minimum atomic E-state index is 0.730. The van der Waals surface area contributed by atoms with Crippen LogP contribution in [0.1, 0.15) is 16.7 Å². The third kappa shape index (κ3) is 2.67. The summed E-state index contributed by atoms with van der Waals surface area (Å²) in [5, 5.41) is 8.91. The molecule has 0 radical (unpaired) electrons. The van der Waals surface area contributed by atoms with E-state index in [1.807, 2.05) is 44.4 Å². The Labute approximate surface area is 107 Å². The van der Waals surface area contributed by atoms with Gasteiger partial charge in [-0.25, -0.2) is 0 Å². The number of nitriles is 1. The van der Waals surface area contributed by atoms with Crippen molar-refractivity contribution in [3.8, 4) is 6.07 Å². The standard InChI is InChI=1S/C15H15N3/c1-12-8-15(6-5-14(12)9-16)18(2)11-13-4-3-7-17-10-13/h3-8,10H,11H2,1-2H3. The molecule has 90 valence electrons. The molecule has 2 rings (SSSR count). The molecular weight excluding hydrogens is 222 g/mol. The molecule has 0 aliphatic heterocycles. The molecule has 3 nitrogen and oxygen atoms in total. The fraction of sp³-hybridized carbons (Fsp3) is 0.200. The van der Waals surface area contributed by atoms with Gasteiger partial charge >= 0.3 is 0 Å². The van der Waals surface area contributed by atoms with Crippen LogP contribution in [0.25, 0.3) is 0 Å². The van der Waals surface area contributed by atoms with Crippen LogP contribution < -0.4 is 4.90 Å². The molecule has 1 heterocycles. The van der Waals surface area contributed by atoms with Crippen molar-refractivity contribution in [2.24, 2.45) is 0 Å². The van der Waals surface area contributed by atoms with E-state index in [-0.39, 0.29) is 0 Å². The van der Waals surface area contributed by atoms with Crippen molar-refractivity contribution in [2.75, 3.05) is 11.9 Å². The lowest BCUT2D eigenvalue weighted by Crippen LogP contribution is -2.16. The molecule has 0 spiro atoms. The summed E-state index contributed by atoms with van der Waals surface area (Å²) in [4.78, 5) is 6.25. The number of hydrogen-bond donors (Lipinski definition) is 0. The Balaban J connectivity index is 2.17. The van der Waals surface area contributed by atoms with Gasteiger partial charge in [0.2, 0.25) is 0 Å². The maximum atomic E-state index is 8.91. The highest BCUT2D eigenvalue weighted by Gasteiger charge is 2.04. The molecule has 0 aliphatic rings. The number of aryl methyl sites for hydroxylation is 1. The Morgan fingerprint density at radius 2 is 2.17 bits per heavy atom. The Morgan fingerprint density at radius 3 is 2.78 bits per heavy atom. The monoisotopic (exact) mass is 237 g/mol. The van der Waals surface area contributed by atoms with E-state index in [2.05, 4.69) is 22.0 Å². The zero-order valence-electron chi connectivity index (χ0n) is 10.6. The van der Waals surface area contributed by atoms with Gasteiger partial charge in [-0.3, -0.25) is 4.98 Å². The fourth-order valence-electron chi connectivity index (χ4n) is 1.87. The van der Waals surface area contributed by atoms with Crippen LogP contribution in [0.3, 0.4) is 0 Å². The average molecular weight is 237 g/mol. The molecule has 0 saturated heterocycles. The van der Waals surface area contributed by atoms with Gasteiger partial charge < -0.3 is 4.90 Å². The number of nitrogens with zero attached hydrogens (tertiary/aromatic N) is 3. The molecule has 3 heteroatoms. The first kappa shape index (κ1) is 12.1. The summed E-state index contributed by atoms with van der Waals surface area (Å²) in [7, 11) is 2.04. The maximum Gasteiger partial charge on any atom is 0.0994 e. The number of rotatable bonds is 3. The minimum absolute atomic E-state index is 0.730. The van der Waals surface area contributed by atoms with Crippen LogP contribution in [-0.2, 0) is 6.54 Å². The van der Waals surface area contributed by atoms with E-state index in [9.17, 15) is 0 Å². The van der Waals surface area contributed by atoms with Crippen LogP contribution in [0.15, 0.2) is 42.7 Å². The van der Waals surface area contributed by atoms with Crippen LogP contribution in [0.2, 0.25) is 0 Å². The smallest absolute Gasteiger partial charge is 0.0994 e. The van der Waals surface area contributed by atoms with Crippen molar-refractivity contribution in [2.45, 2.75) is 13.5 Å². The molecule has 0 saturated carbocycles. The summed E-state index contributed by atoms with van der Waals surface area (Å²) < 4.78 is 0. The lowest BCUT2D eigenvalue weighted by atomic mass is 10.1. The average Bonchev–Trinajstić information content (AvgIpc) is 2.39. The zero-order valence-corrected chi connectivity index (χ0v) is 10.6. The third-order valence-corrected chi connectivity index (χ3v) is 2.91. The van der Waals surface area contributed by atoms with E-state index < -0.39 is 0 Å². The van der Waals surface area contributed by atoms with Crippen molar-refractivity contribution in [1.82, 2.24) is 4.98 Å². The van der Waals surface area contributed by atoms with Crippen LogP contribution in [-0.4, -0.2) is 12.0 Å². The van der Waals surface area contributed by atoms with Crippen molar-refractivity contribution in [3.63, 3.8) is 0 Å². The molecule has 2 aromatic rings. The fourth-order valence-corrected chi connectivity index (χ4v) is 1.87. The second-order valence-corrected chi connectivity index (χ2v) is 4.33. The second-order valence-electron chi connectivity index (χ2n) is 4.33. The molecule has 0 fully saturated rings. The van der Waals surface area contributed by atoms with Gasteiger partial charge in [0.1, 0.15) is 0 Å². The summed E-state index contributed by atoms with van der Waals surface area (Å²) in [5.74, 6) is 0. The molecular formula is C15H15N3. The van der Waals surface area contributed by atoms with E-state index in [0.717, 1.165) is 23.4 Å². The molecule has 0 aliphatic carbocycles. The minimum Gasteiger partial charge on any atom is -0.370 e. The topological polar surface area (TPSA) is 39.9 Å². The van der Waals surface area contributed by atoms with E-state index in [4.69, 9.17) is 5.26 Å². The summed E-state index contributed by atoms with van der Waals surface area (Å²) in [5.41, 5.74) is 4.01. The summed E-state index contributed by atoms with van der Waals surface area (Å²) >= 11 is 0. The van der Waals surface area contributed by atoms with Crippen LogP contribution in [0.4, 0.5) is 5.69 Å². The Kier molecular flexibility index (Phi) is 3.59. The predicted octanol–water partition coefficient (Wildman–Crippen LogP) is 2.90. The van der Waals surface area contributed by atoms with Crippen LogP contribution >= 0.6 is 0 Å². The van der Waals surface area contributed by atoms with Crippen molar-refractivity contribution in [3.05, 3.63) is 59.4 Å². The molecule has 1 aromatic heterocycles. The first-order chi connectivity index (χ1) is 8.70. The lowest BCUT2D eigenvalue weighted by molar-refractivity contribution is 0.914. The van der Waals surface area contributed by atoms with Gasteiger partial charge in [-0.05, 0) is 42.3 Å². The largest absolute Gasteiger partial charge is 0.370 e. The Bertz CT molecular complexity index is 570. The number of anilines is 1. The van der Waals surface area contributed by atoms with Gasteiger partial charge in [0.25, 0.3) is 0 Å². The van der Waals surface area contributed by atoms with Crippen molar-refractivity contribution < 1.29 is 0 Å². The number of hydrogen-bond acceptors (Lipinski definition) is 3. The quantitative estimate of drug-likeness (QED) is 0.824. The lowest BCUT2D eigenvalue weighted by Gasteiger charge is -2.20. The molecule has 0 atom stereocenters. The van der Waals surface area contributed by atoms with Gasteiger partial charge in [0, 0.05) is 31.7 Å². The van der Waals surface area contributed by atoms with Crippen LogP contribution in [0, 0.1) is 18.3 Å². The first-order valence-electron chi connectivity index (χ1n) is 5.81. The SMILES string of the molecule is Cc1cc(N(C)Cc2cccnc2)ccc1C#N. The van der Waals surface area contributed by atoms with Gasteiger partial charge in [-0.15, -0.1) is 0 Å². The van der Waals surface area contributed by atoms with Crippen LogP contribution in [0.5, 0.6) is 0 Å². The zero-order chi connectivity index (χ0) is 13.0. The molecule has 0 amide bonds. The summed E-state index contributed by atoms with van der Waals surface area (Å²) in [6.07, 6.45) is 3.64. The van der Waals surface area contributed by atoms with E-state index in [1.165, 1.54) is 5.56 Å². The Morgan fingerprint density at radius 1 is 1.33 bits per heavy atom. The van der Waals surface area contributed by atoms with E-state index in [0.29, 0.717) is 0 Å². The molecule has 0 bridgehead atoms. The van der Waals surface area contributed by atoms with Crippen molar-refractivity contribution >= 4 is 5.69 Å². The normalized spacial score (nSPS) is 9.83. The highest BCUT2D eigenvalue weighted by atomic mass is 15.1. The molecule has 1 aromatic carbocycles. The third-order valence-electron chi connectivity index (χ3n) is 2.91. The number of benzene rings is 1. The van der Waals surface area contributed by atoms with Gasteiger partial charge in [0.15, 0.2) is 0 Å². The molecule has 0 N–H and O–H groups in total. The first-order valence-corrected chi connectivity index (χ1v) is 5.81. The summed E-state index contributed by atoms with van der Waals surface area (Å²) in [6, 6.07) is 12.1. The summed E-state index contributed by atoms with van der Waals surface area (Å²) in [6.45, 7) is 2.76. The predicted molar refractivity (Wildman–Crippen MR) is 72.2 cm³/mol.